The molecule has 0 aliphatic rings. The number of methoxy groups -OCH3 is 1. The van der Waals surface area contributed by atoms with E-state index >= 15 is 0 Å². The van der Waals surface area contributed by atoms with Crippen LogP contribution in [0.5, 0.6) is 5.75 Å². The minimum Gasteiger partial charge on any atom is -0.497 e. The normalized spacial score (nSPS) is 10.1. The molecule has 0 unspecified atom stereocenters. The molecule has 1 aromatic heterocycles. The summed E-state index contributed by atoms with van der Waals surface area (Å²) in [6, 6.07) is 11.8. The number of aromatic nitrogens is 2. The first-order valence-corrected chi connectivity index (χ1v) is 5.96. The highest BCUT2D eigenvalue weighted by Gasteiger charge is 2.09. The number of ether oxygens (including phenoxy) is 1. The number of nitro benzene ring substituents is 1. The number of imidazole rings is 1. The molecular weight excluding hydrogens is 270 g/mol. The van der Waals surface area contributed by atoms with Crippen LogP contribution in [0.4, 0.5) is 5.69 Å². The van der Waals surface area contributed by atoms with E-state index in [9.17, 15) is 10.1 Å². The number of fused-ring (bicyclic) bond motifs is 1. The van der Waals surface area contributed by atoms with Gasteiger partial charge >= 0.3 is 0 Å². The quantitative estimate of drug-likeness (QED) is 0.586. The summed E-state index contributed by atoms with van der Waals surface area (Å²) in [4.78, 5) is 17.8. The monoisotopic (exact) mass is 285 g/mol. The molecule has 108 valence electrons. The van der Waals surface area contributed by atoms with Crippen molar-refractivity contribution in [2.75, 3.05) is 7.11 Å². The second-order valence-corrected chi connectivity index (χ2v) is 4.27. The van der Waals surface area contributed by atoms with E-state index in [1.165, 1.54) is 12.1 Å². The lowest BCUT2D eigenvalue weighted by molar-refractivity contribution is -0.384. The van der Waals surface area contributed by atoms with Gasteiger partial charge in [-0.3, -0.25) is 10.1 Å². The Bertz CT molecular complexity index is 778. The fraction of sp³-hybridized carbons (Fsp3) is 0.133. The molecule has 21 heavy (non-hydrogen) atoms. The summed E-state index contributed by atoms with van der Waals surface area (Å²) in [6.45, 7) is 0. The van der Waals surface area contributed by atoms with E-state index in [0.717, 1.165) is 22.3 Å². The highest BCUT2D eigenvalue weighted by atomic mass is 16.6. The zero-order valence-electron chi connectivity index (χ0n) is 10.7. The van der Waals surface area contributed by atoms with Gasteiger partial charge in [0, 0.05) is 23.8 Å². The van der Waals surface area contributed by atoms with E-state index in [1.54, 1.807) is 19.2 Å². The fourth-order valence-corrected chi connectivity index (χ4v) is 1.99. The first-order valence-electron chi connectivity index (χ1n) is 5.96. The van der Waals surface area contributed by atoms with Gasteiger partial charge in [-0.2, -0.15) is 0 Å². The predicted octanol–water partition coefficient (Wildman–Crippen LogP) is 3.78. The first kappa shape index (κ1) is 14.5. The van der Waals surface area contributed by atoms with Gasteiger partial charge in [-0.25, -0.2) is 4.98 Å². The fourth-order valence-electron chi connectivity index (χ4n) is 1.99. The van der Waals surface area contributed by atoms with Crippen LogP contribution in [0.2, 0.25) is 0 Å². The number of H-pyrrole nitrogens is 1. The molecule has 0 bridgehead atoms. The molecule has 1 N–H and O–H groups in total. The van der Waals surface area contributed by atoms with E-state index < -0.39 is 4.92 Å². The van der Waals surface area contributed by atoms with Crippen molar-refractivity contribution in [2.24, 2.45) is 0 Å². The summed E-state index contributed by atoms with van der Waals surface area (Å²) in [5.41, 5.74) is 2.54. The second-order valence-electron chi connectivity index (χ2n) is 4.27. The maximum absolute atomic E-state index is 10.6. The third-order valence-corrected chi connectivity index (χ3v) is 3.04. The van der Waals surface area contributed by atoms with Crippen molar-refractivity contribution in [2.45, 2.75) is 7.43 Å². The van der Waals surface area contributed by atoms with Gasteiger partial charge in [0.05, 0.1) is 23.1 Å². The van der Waals surface area contributed by atoms with Gasteiger partial charge in [-0.05, 0) is 24.3 Å². The number of nitrogens with zero attached hydrogens (tertiary/aromatic N) is 2. The number of nitrogens with one attached hydrogen (secondary N) is 1. The number of aromatic amines is 1. The van der Waals surface area contributed by atoms with Gasteiger partial charge in [-0.1, -0.05) is 7.43 Å². The molecule has 0 amide bonds. The summed E-state index contributed by atoms with van der Waals surface area (Å²) >= 11 is 0. The van der Waals surface area contributed by atoms with E-state index in [0.29, 0.717) is 5.82 Å². The van der Waals surface area contributed by atoms with Gasteiger partial charge < -0.3 is 9.72 Å². The topological polar surface area (TPSA) is 81.1 Å². The van der Waals surface area contributed by atoms with E-state index in [2.05, 4.69) is 9.97 Å². The van der Waals surface area contributed by atoms with Gasteiger partial charge in [0.25, 0.3) is 5.69 Å². The highest BCUT2D eigenvalue weighted by Crippen LogP contribution is 2.25. The van der Waals surface area contributed by atoms with Crippen LogP contribution in [0, 0.1) is 10.1 Å². The van der Waals surface area contributed by atoms with Gasteiger partial charge in [0.2, 0.25) is 0 Å². The molecule has 0 saturated heterocycles. The molecular formula is C15H15N3O3. The average molecular weight is 285 g/mol. The molecule has 3 rings (SSSR count). The molecule has 0 radical (unpaired) electrons. The van der Waals surface area contributed by atoms with Crippen molar-refractivity contribution in [1.82, 2.24) is 9.97 Å². The third-order valence-electron chi connectivity index (χ3n) is 3.04. The predicted molar refractivity (Wildman–Crippen MR) is 81.5 cm³/mol. The average Bonchev–Trinajstić information content (AvgIpc) is 2.90. The number of hydrogen-bond donors (Lipinski definition) is 1. The van der Waals surface area contributed by atoms with Crippen molar-refractivity contribution in [3.63, 3.8) is 0 Å². The van der Waals surface area contributed by atoms with Crippen LogP contribution < -0.4 is 4.74 Å². The summed E-state index contributed by atoms with van der Waals surface area (Å²) in [6.07, 6.45) is 0. The Morgan fingerprint density at radius 1 is 1.19 bits per heavy atom. The summed E-state index contributed by atoms with van der Waals surface area (Å²) < 4.78 is 5.16. The molecule has 0 fully saturated rings. The first-order chi connectivity index (χ1) is 9.67. The van der Waals surface area contributed by atoms with Gasteiger partial charge in [-0.15, -0.1) is 0 Å². The Morgan fingerprint density at radius 3 is 2.52 bits per heavy atom. The van der Waals surface area contributed by atoms with Crippen LogP contribution >= 0.6 is 0 Å². The number of rotatable bonds is 3. The van der Waals surface area contributed by atoms with Crippen LogP contribution in [0.3, 0.4) is 0 Å². The second kappa shape index (κ2) is 5.62. The van der Waals surface area contributed by atoms with Gasteiger partial charge in [0.1, 0.15) is 11.6 Å². The molecule has 1 heterocycles. The Hall–Kier alpha value is -2.89. The molecule has 0 aliphatic carbocycles. The van der Waals surface area contributed by atoms with Crippen LogP contribution in [-0.2, 0) is 0 Å². The molecule has 6 nitrogen and oxygen atoms in total. The maximum Gasteiger partial charge on any atom is 0.269 e. The SMILES string of the molecule is C.COc1ccc2nc(-c3ccc([N+](=O)[O-])cc3)[nH]c2c1. The molecule has 0 atom stereocenters. The summed E-state index contributed by atoms with van der Waals surface area (Å²) in [5.74, 6) is 1.42. The van der Waals surface area contributed by atoms with Gasteiger partial charge in [0.15, 0.2) is 0 Å². The van der Waals surface area contributed by atoms with Crippen molar-refractivity contribution in [3.05, 3.63) is 52.6 Å². The van der Waals surface area contributed by atoms with E-state index in [-0.39, 0.29) is 13.1 Å². The lowest BCUT2D eigenvalue weighted by Crippen LogP contribution is -1.87. The number of hydrogen-bond acceptors (Lipinski definition) is 4. The van der Waals surface area contributed by atoms with Crippen LogP contribution in [-0.4, -0.2) is 22.0 Å². The summed E-state index contributed by atoms with van der Waals surface area (Å²) in [7, 11) is 1.61. The molecule has 0 saturated carbocycles. The van der Waals surface area contributed by atoms with E-state index in [1.807, 2.05) is 18.2 Å². The number of nitro groups is 1. The lowest BCUT2D eigenvalue weighted by atomic mass is 10.2. The van der Waals surface area contributed by atoms with Crippen molar-refractivity contribution >= 4 is 16.7 Å². The Balaban J connectivity index is 0.00000161. The Morgan fingerprint density at radius 2 is 1.90 bits per heavy atom. The molecule has 3 aromatic rings. The molecule has 6 heteroatoms. The van der Waals surface area contributed by atoms with Crippen LogP contribution in [0.15, 0.2) is 42.5 Å². The Kier molecular flexibility index (Phi) is 3.89. The zero-order valence-corrected chi connectivity index (χ0v) is 10.7. The zero-order chi connectivity index (χ0) is 14.1. The minimum atomic E-state index is -0.423. The third kappa shape index (κ3) is 2.69. The van der Waals surface area contributed by atoms with Crippen molar-refractivity contribution in [1.29, 1.82) is 0 Å². The van der Waals surface area contributed by atoms with E-state index in [4.69, 9.17) is 4.74 Å². The summed E-state index contributed by atoms with van der Waals surface area (Å²) in [5, 5.41) is 10.6. The number of benzene rings is 2. The molecule has 0 spiro atoms. The van der Waals surface area contributed by atoms with Crippen LogP contribution in [0.25, 0.3) is 22.4 Å². The largest absolute Gasteiger partial charge is 0.497 e. The minimum absolute atomic E-state index is 0. The highest BCUT2D eigenvalue weighted by molar-refractivity contribution is 5.80. The smallest absolute Gasteiger partial charge is 0.269 e. The molecule has 2 aromatic carbocycles. The molecule has 0 aliphatic heterocycles. The van der Waals surface area contributed by atoms with Crippen LogP contribution in [0.1, 0.15) is 7.43 Å². The number of non-ortho nitro benzene ring substituents is 1. The van der Waals surface area contributed by atoms with Crippen molar-refractivity contribution in [3.8, 4) is 17.1 Å². The lowest BCUT2D eigenvalue weighted by Gasteiger charge is -1.97. The standard InChI is InChI=1S/C14H11N3O3.CH4/c1-20-11-6-7-12-13(8-11)16-14(15-12)9-2-4-10(5-3-9)17(18)19;/h2-8H,1H3,(H,15,16);1H4. The van der Waals surface area contributed by atoms with Crippen molar-refractivity contribution < 1.29 is 9.66 Å². The maximum atomic E-state index is 10.6. The Labute approximate surface area is 121 Å².